The molecule has 0 spiro atoms. The van der Waals surface area contributed by atoms with Gasteiger partial charge in [-0.05, 0) is 43.5 Å². The van der Waals surface area contributed by atoms with Crippen LogP contribution in [-0.4, -0.2) is 50.0 Å². The molecule has 0 aromatic heterocycles. The van der Waals surface area contributed by atoms with E-state index in [1.807, 2.05) is 75.4 Å². The van der Waals surface area contributed by atoms with E-state index in [4.69, 9.17) is 11.6 Å². The summed E-state index contributed by atoms with van der Waals surface area (Å²) in [6.07, 6.45) is 2.03. The van der Waals surface area contributed by atoms with Crippen LogP contribution in [0.2, 0.25) is 5.02 Å². The van der Waals surface area contributed by atoms with E-state index in [0.29, 0.717) is 0 Å². The second kappa shape index (κ2) is 13.6. The third kappa shape index (κ3) is 8.57. The lowest BCUT2D eigenvalue weighted by atomic mass is 10.0. The molecule has 0 heterocycles. The number of para-hydroxylation sites is 1. The molecule has 1 N–H and O–H groups in total. The van der Waals surface area contributed by atoms with Gasteiger partial charge in [-0.1, -0.05) is 90.8 Å². The van der Waals surface area contributed by atoms with Crippen molar-refractivity contribution >= 4 is 39.1 Å². The molecule has 0 saturated carbocycles. The van der Waals surface area contributed by atoms with Gasteiger partial charge in [0.2, 0.25) is 21.8 Å². The highest BCUT2D eigenvalue weighted by Crippen LogP contribution is 2.27. The minimum absolute atomic E-state index is 0.0947. The first-order valence-corrected chi connectivity index (χ1v) is 15.1. The van der Waals surface area contributed by atoms with Gasteiger partial charge in [-0.15, -0.1) is 0 Å². The quantitative estimate of drug-likeness (QED) is 0.334. The Hall–Kier alpha value is -3.36. The van der Waals surface area contributed by atoms with Gasteiger partial charge in [0.1, 0.15) is 12.6 Å². The van der Waals surface area contributed by atoms with E-state index in [1.54, 1.807) is 24.3 Å². The van der Waals surface area contributed by atoms with E-state index in [9.17, 15) is 18.0 Å². The minimum atomic E-state index is -3.87. The highest BCUT2D eigenvalue weighted by Gasteiger charge is 2.33. The van der Waals surface area contributed by atoms with E-state index < -0.39 is 28.5 Å². The number of hydrogen-bond acceptors (Lipinski definition) is 4. The topological polar surface area (TPSA) is 86.8 Å². The van der Waals surface area contributed by atoms with Crippen molar-refractivity contribution in [1.82, 2.24) is 10.2 Å². The maximum absolute atomic E-state index is 14.0. The Balaban J connectivity index is 2.06. The summed E-state index contributed by atoms with van der Waals surface area (Å²) in [4.78, 5) is 29.2. The number of sulfonamides is 1. The fraction of sp³-hybridized carbons (Fsp3) is 0.333. The van der Waals surface area contributed by atoms with Gasteiger partial charge in [0, 0.05) is 19.0 Å². The molecule has 9 heteroatoms. The van der Waals surface area contributed by atoms with Crippen molar-refractivity contribution in [2.45, 2.75) is 52.2 Å². The first-order chi connectivity index (χ1) is 18.5. The predicted octanol–water partition coefficient (Wildman–Crippen LogP) is 4.97. The summed E-state index contributed by atoms with van der Waals surface area (Å²) < 4.78 is 26.7. The summed E-state index contributed by atoms with van der Waals surface area (Å²) in [5.74, 6) is -0.807. The van der Waals surface area contributed by atoms with Crippen molar-refractivity contribution in [3.05, 3.63) is 101 Å². The average molecular weight is 570 g/mol. The molecule has 0 aliphatic carbocycles. The van der Waals surface area contributed by atoms with Crippen molar-refractivity contribution in [2.24, 2.45) is 0 Å². The van der Waals surface area contributed by atoms with Crippen LogP contribution in [0.25, 0.3) is 0 Å². The highest BCUT2D eigenvalue weighted by atomic mass is 35.5. The molecule has 0 bridgehead atoms. The first-order valence-electron chi connectivity index (χ1n) is 12.9. The molecule has 39 heavy (non-hydrogen) atoms. The van der Waals surface area contributed by atoms with Crippen LogP contribution in [0.4, 0.5) is 5.69 Å². The Labute approximate surface area is 236 Å². The summed E-state index contributed by atoms with van der Waals surface area (Å²) in [5, 5.41) is 3.22. The van der Waals surface area contributed by atoms with Crippen LogP contribution in [0.3, 0.4) is 0 Å². The molecule has 0 fully saturated rings. The van der Waals surface area contributed by atoms with Crippen molar-refractivity contribution in [3.8, 4) is 0 Å². The zero-order chi connectivity index (χ0) is 28.6. The standard InChI is InChI=1S/C30H36ClN3O4S/c1-5-23(3)32-30(36)28(19-24-11-7-6-8-12-24)33(20-25-17-15-22(2)16-18-25)29(35)21-34(39(4,37)38)27-14-10-9-13-26(27)31/h6-18,23,28H,5,19-21H2,1-4H3,(H,32,36)/t23-,28+/m1/s1. The zero-order valence-corrected chi connectivity index (χ0v) is 24.4. The Morgan fingerprint density at radius 1 is 0.923 bits per heavy atom. The number of benzene rings is 3. The number of nitrogens with zero attached hydrogens (tertiary/aromatic N) is 2. The number of halogens is 1. The SMILES string of the molecule is CC[C@@H](C)NC(=O)[C@H](Cc1ccccc1)N(Cc1ccc(C)cc1)C(=O)CN(c1ccccc1Cl)S(C)(=O)=O. The largest absolute Gasteiger partial charge is 0.352 e. The monoisotopic (exact) mass is 569 g/mol. The Morgan fingerprint density at radius 2 is 1.54 bits per heavy atom. The second-order valence-corrected chi connectivity index (χ2v) is 12.1. The number of rotatable bonds is 12. The molecule has 7 nitrogen and oxygen atoms in total. The van der Waals surface area contributed by atoms with Crippen molar-refractivity contribution in [1.29, 1.82) is 0 Å². The molecule has 3 aromatic carbocycles. The van der Waals surface area contributed by atoms with Gasteiger partial charge < -0.3 is 10.2 Å². The summed E-state index contributed by atoms with van der Waals surface area (Å²) in [6.45, 7) is 5.48. The van der Waals surface area contributed by atoms with E-state index in [2.05, 4.69) is 5.32 Å². The van der Waals surface area contributed by atoms with Crippen molar-refractivity contribution in [3.63, 3.8) is 0 Å². The van der Waals surface area contributed by atoms with E-state index in [0.717, 1.165) is 33.7 Å². The normalized spacial score (nSPS) is 12.8. The molecule has 208 valence electrons. The second-order valence-electron chi connectivity index (χ2n) is 9.75. The third-order valence-corrected chi connectivity index (χ3v) is 7.99. The number of carbonyl (C=O) groups is 2. The number of nitrogens with one attached hydrogen (secondary N) is 1. The Morgan fingerprint density at radius 3 is 2.13 bits per heavy atom. The lowest BCUT2D eigenvalue weighted by molar-refractivity contribution is -0.140. The number of aryl methyl sites for hydroxylation is 1. The lowest BCUT2D eigenvalue weighted by Gasteiger charge is -2.34. The van der Waals surface area contributed by atoms with Gasteiger partial charge in [-0.2, -0.15) is 0 Å². The number of amides is 2. The predicted molar refractivity (Wildman–Crippen MR) is 157 cm³/mol. The van der Waals surface area contributed by atoms with Gasteiger partial charge in [0.15, 0.2) is 0 Å². The molecular formula is C30H36ClN3O4S. The Kier molecular flexibility index (Phi) is 10.5. The van der Waals surface area contributed by atoms with Gasteiger partial charge >= 0.3 is 0 Å². The molecule has 2 amide bonds. The van der Waals surface area contributed by atoms with Crippen LogP contribution in [0.15, 0.2) is 78.9 Å². The molecule has 0 aliphatic heterocycles. The van der Waals surface area contributed by atoms with Gasteiger partial charge in [-0.3, -0.25) is 13.9 Å². The van der Waals surface area contributed by atoms with Gasteiger partial charge in [0.05, 0.1) is 17.0 Å². The van der Waals surface area contributed by atoms with Crippen LogP contribution in [0, 0.1) is 6.92 Å². The fourth-order valence-corrected chi connectivity index (χ4v) is 5.28. The molecule has 0 radical (unpaired) electrons. The minimum Gasteiger partial charge on any atom is -0.352 e. The third-order valence-electron chi connectivity index (χ3n) is 6.55. The Bertz CT molecular complexity index is 1360. The first kappa shape index (κ1) is 30.2. The molecule has 3 aromatic rings. The summed E-state index contributed by atoms with van der Waals surface area (Å²) >= 11 is 6.33. The highest BCUT2D eigenvalue weighted by molar-refractivity contribution is 7.92. The summed E-state index contributed by atoms with van der Waals surface area (Å²) in [7, 11) is -3.87. The average Bonchev–Trinajstić information content (AvgIpc) is 2.90. The molecule has 3 rings (SSSR count). The van der Waals surface area contributed by atoms with Crippen LogP contribution in [0.5, 0.6) is 0 Å². The molecule has 0 aliphatic rings. The van der Waals surface area contributed by atoms with Crippen LogP contribution in [-0.2, 0) is 32.6 Å². The van der Waals surface area contributed by atoms with Crippen LogP contribution in [0.1, 0.15) is 37.0 Å². The lowest BCUT2D eigenvalue weighted by Crippen LogP contribution is -2.54. The molecular weight excluding hydrogens is 534 g/mol. The van der Waals surface area contributed by atoms with Gasteiger partial charge in [-0.25, -0.2) is 8.42 Å². The van der Waals surface area contributed by atoms with Crippen LogP contribution >= 0.6 is 11.6 Å². The smallest absolute Gasteiger partial charge is 0.244 e. The molecule has 0 saturated heterocycles. The number of carbonyl (C=O) groups excluding carboxylic acids is 2. The zero-order valence-electron chi connectivity index (χ0n) is 22.8. The van der Waals surface area contributed by atoms with E-state index in [1.165, 1.54) is 4.90 Å². The molecule has 0 unspecified atom stereocenters. The fourth-order valence-electron chi connectivity index (χ4n) is 4.13. The summed E-state index contributed by atoms with van der Waals surface area (Å²) in [5.41, 5.74) is 2.98. The van der Waals surface area contributed by atoms with Crippen LogP contribution < -0.4 is 9.62 Å². The van der Waals surface area contributed by atoms with E-state index >= 15 is 0 Å². The van der Waals surface area contributed by atoms with Gasteiger partial charge in [0.25, 0.3) is 0 Å². The molecule has 2 atom stereocenters. The van der Waals surface area contributed by atoms with Crippen molar-refractivity contribution in [2.75, 3.05) is 17.1 Å². The number of hydrogen-bond donors (Lipinski definition) is 1. The van der Waals surface area contributed by atoms with Crippen molar-refractivity contribution < 1.29 is 18.0 Å². The maximum Gasteiger partial charge on any atom is 0.244 e. The maximum atomic E-state index is 14.0. The summed E-state index contributed by atoms with van der Waals surface area (Å²) in [6, 6.07) is 22.7. The van der Waals surface area contributed by atoms with E-state index in [-0.39, 0.29) is 35.6 Å². The number of anilines is 1.